The quantitative estimate of drug-likeness (QED) is 0.569. The molecule has 3 N–H and O–H groups in total. The average molecular weight is 344 g/mol. The molecule has 0 fully saturated rings. The maximum Gasteiger partial charge on any atom is 0.296 e. The van der Waals surface area contributed by atoms with E-state index in [9.17, 15) is 24.9 Å². The summed E-state index contributed by atoms with van der Waals surface area (Å²) in [5, 5.41) is 30.8. The van der Waals surface area contributed by atoms with Crippen molar-refractivity contribution >= 4 is 21.5 Å². The highest BCUT2D eigenvalue weighted by atomic mass is 16.6. The van der Waals surface area contributed by atoms with Gasteiger partial charge in [-0.15, -0.1) is 0 Å². The Morgan fingerprint density at radius 1 is 0.960 bits per heavy atom. The van der Waals surface area contributed by atoms with Crippen LogP contribution in [0.3, 0.4) is 0 Å². The fourth-order valence-corrected chi connectivity index (χ4v) is 3.63. The van der Waals surface area contributed by atoms with Gasteiger partial charge in [-0.3, -0.25) is 9.59 Å². The summed E-state index contributed by atoms with van der Waals surface area (Å²) in [5.41, 5.74) is -1.54. The van der Waals surface area contributed by atoms with Gasteiger partial charge < -0.3 is 24.5 Å². The molecule has 130 valence electrons. The summed E-state index contributed by atoms with van der Waals surface area (Å²) in [5.74, 6) is -3.07. The fraction of sp³-hybridized carbons (Fsp3) is 0.333. The van der Waals surface area contributed by atoms with Gasteiger partial charge in [0.1, 0.15) is 16.5 Å². The summed E-state index contributed by atoms with van der Waals surface area (Å²) in [6.45, 7) is 6.41. The largest absolute Gasteiger partial charge is 0.480 e. The zero-order chi connectivity index (χ0) is 18.5. The van der Waals surface area contributed by atoms with Crippen LogP contribution in [0.15, 0.2) is 20.1 Å². The van der Waals surface area contributed by atoms with Crippen molar-refractivity contribution < 1.29 is 24.5 Å². The maximum atomic E-state index is 13.1. The molecule has 1 aromatic heterocycles. The Morgan fingerprint density at radius 3 is 2.20 bits per heavy atom. The van der Waals surface area contributed by atoms with E-state index in [-0.39, 0.29) is 27.5 Å². The Morgan fingerprint density at radius 2 is 1.56 bits per heavy atom. The summed E-state index contributed by atoms with van der Waals surface area (Å²) in [6, 6.07) is 1.29. The first kappa shape index (κ1) is 15.7. The first-order valence-corrected chi connectivity index (χ1v) is 7.72. The lowest BCUT2D eigenvalue weighted by molar-refractivity contribution is -0.148. The van der Waals surface area contributed by atoms with E-state index in [1.165, 1.54) is 13.0 Å². The third-order valence-corrected chi connectivity index (χ3v) is 5.35. The van der Waals surface area contributed by atoms with Gasteiger partial charge in [0.25, 0.3) is 11.9 Å². The van der Waals surface area contributed by atoms with Gasteiger partial charge in [-0.1, -0.05) is 0 Å². The summed E-state index contributed by atoms with van der Waals surface area (Å²) < 4.78 is 10.5. The minimum absolute atomic E-state index is 0.0727. The predicted octanol–water partition coefficient (Wildman–Crippen LogP) is 1.84. The standard InChI is InChI=1S/C18H16O7/c1-6-5-7(19)9-10-8(6)14-12(17(2,3)18(4,23)25-14)13(20)11(10)16(22)24-15(9)21/h5,21-23H,1-4H3. The highest BCUT2D eigenvalue weighted by molar-refractivity contribution is 6.16. The third kappa shape index (κ3) is 1.63. The molecule has 0 saturated heterocycles. The lowest BCUT2D eigenvalue weighted by Gasteiger charge is -2.30. The van der Waals surface area contributed by atoms with Crippen molar-refractivity contribution in [3.8, 4) is 17.6 Å². The molecule has 1 aliphatic rings. The molecule has 7 heteroatoms. The summed E-state index contributed by atoms with van der Waals surface area (Å²) in [6.07, 6.45) is 0. The molecule has 0 saturated carbocycles. The molecule has 0 aliphatic carbocycles. The zero-order valence-electron chi connectivity index (χ0n) is 14.1. The number of fused-ring (bicyclic) bond motifs is 2. The number of aliphatic hydroxyl groups is 1. The van der Waals surface area contributed by atoms with Gasteiger partial charge in [-0.25, -0.2) is 0 Å². The molecule has 2 heterocycles. The second-order valence-electron chi connectivity index (χ2n) is 7.15. The van der Waals surface area contributed by atoms with E-state index >= 15 is 0 Å². The van der Waals surface area contributed by atoms with Gasteiger partial charge in [0, 0.05) is 17.7 Å². The fourth-order valence-electron chi connectivity index (χ4n) is 3.63. The summed E-state index contributed by atoms with van der Waals surface area (Å²) in [7, 11) is 0. The predicted molar refractivity (Wildman–Crippen MR) is 89.8 cm³/mol. The minimum Gasteiger partial charge on any atom is -0.480 e. The van der Waals surface area contributed by atoms with Gasteiger partial charge in [-0.05, 0) is 32.4 Å². The molecule has 25 heavy (non-hydrogen) atoms. The van der Waals surface area contributed by atoms with Crippen molar-refractivity contribution in [2.75, 3.05) is 0 Å². The van der Waals surface area contributed by atoms with E-state index in [0.717, 1.165) is 0 Å². The number of benzene rings is 2. The van der Waals surface area contributed by atoms with Crippen LogP contribution in [0.5, 0.6) is 17.6 Å². The Bertz CT molecular complexity index is 1180. The Kier molecular flexibility index (Phi) is 2.66. The normalized spacial score (nSPS) is 21.6. The van der Waals surface area contributed by atoms with E-state index in [1.54, 1.807) is 20.8 Å². The first-order valence-electron chi connectivity index (χ1n) is 7.72. The number of hydrogen-bond donors (Lipinski definition) is 3. The zero-order valence-corrected chi connectivity index (χ0v) is 14.1. The van der Waals surface area contributed by atoms with Crippen LogP contribution in [0.25, 0.3) is 21.5 Å². The van der Waals surface area contributed by atoms with E-state index in [1.807, 2.05) is 0 Å². The lowest BCUT2D eigenvalue weighted by Crippen LogP contribution is -2.46. The van der Waals surface area contributed by atoms with Gasteiger partial charge in [-0.2, -0.15) is 0 Å². The maximum absolute atomic E-state index is 13.1. The van der Waals surface area contributed by atoms with E-state index in [2.05, 4.69) is 0 Å². The van der Waals surface area contributed by atoms with Crippen molar-refractivity contribution in [3.05, 3.63) is 37.6 Å². The smallest absolute Gasteiger partial charge is 0.296 e. The second-order valence-corrected chi connectivity index (χ2v) is 7.15. The molecule has 0 radical (unpaired) electrons. The van der Waals surface area contributed by atoms with Gasteiger partial charge in [0.2, 0.25) is 11.2 Å². The van der Waals surface area contributed by atoms with Crippen molar-refractivity contribution in [2.24, 2.45) is 0 Å². The molecule has 1 aliphatic heterocycles. The number of aryl methyl sites for hydroxylation is 1. The SMILES string of the molecule is Cc1cc(=O)c2c(O)oc(O)c3c(=O)c4c(c1c23)OC(C)(O)C4(C)C. The molecule has 3 aromatic rings. The summed E-state index contributed by atoms with van der Waals surface area (Å²) >= 11 is 0. The van der Waals surface area contributed by atoms with Crippen LogP contribution >= 0.6 is 0 Å². The highest BCUT2D eigenvalue weighted by Gasteiger charge is 2.53. The molecule has 0 amide bonds. The Labute approximate surface area is 141 Å². The molecule has 1 atom stereocenters. The molecule has 4 rings (SSSR count). The van der Waals surface area contributed by atoms with E-state index < -0.39 is 34.0 Å². The van der Waals surface area contributed by atoms with Crippen LogP contribution in [0.2, 0.25) is 0 Å². The van der Waals surface area contributed by atoms with Gasteiger partial charge >= 0.3 is 0 Å². The van der Waals surface area contributed by atoms with Crippen molar-refractivity contribution in [1.29, 1.82) is 0 Å². The van der Waals surface area contributed by atoms with Crippen molar-refractivity contribution in [2.45, 2.75) is 38.9 Å². The Balaban J connectivity index is 2.44. The highest BCUT2D eigenvalue weighted by Crippen LogP contribution is 2.52. The average Bonchev–Trinajstić information content (AvgIpc) is 2.63. The number of rotatable bonds is 0. The number of aromatic hydroxyl groups is 2. The summed E-state index contributed by atoms with van der Waals surface area (Å²) in [4.78, 5) is 25.4. The first-order chi connectivity index (χ1) is 11.5. The lowest BCUT2D eigenvalue weighted by atomic mass is 9.77. The molecule has 2 aromatic carbocycles. The van der Waals surface area contributed by atoms with Gasteiger partial charge in [0.05, 0.1) is 11.0 Å². The molecule has 7 nitrogen and oxygen atoms in total. The molecule has 1 unspecified atom stereocenters. The van der Waals surface area contributed by atoms with E-state index in [4.69, 9.17) is 9.15 Å². The van der Waals surface area contributed by atoms with Crippen molar-refractivity contribution in [3.63, 3.8) is 0 Å². The number of hydrogen-bond acceptors (Lipinski definition) is 7. The minimum atomic E-state index is -1.67. The van der Waals surface area contributed by atoms with Crippen LogP contribution in [0.4, 0.5) is 0 Å². The van der Waals surface area contributed by atoms with Crippen molar-refractivity contribution in [1.82, 2.24) is 0 Å². The monoisotopic (exact) mass is 344 g/mol. The van der Waals surface area contributed by atoms with Crippen LogP contribution in [-0.2, 0) is 5.41 Å². The van der Waals surface area contributed by atoms with Crippen LogP contribution in [-0.4, -0.2) is 21.1 Å². The van der Waals surface area contributed by atoms with Crippen LogP contribution in [0, 0.1) is 6.92 Å². The Hall–Kier alpha value is -2.80. The number of ether oxygens (including phenoxy) is 1. The van der Waals surface area contributed by atoms with E-state index in [0.29, 0.717) is 10.9 Å². The van der Waals surface area contributed by atoms with Crippen LogP contribution < -0.4 is 15.6 Å². The molecule has 0 bridgehead atoms. The molecular weight excluding hydrogens is 328 g/mol. The topological polar surface area (TPSA) is 117 Å². The molecular formula is C18H16O7. The molecule has 0 spiro atoms. The van der Waals surface area contributed by atoms with Crippen LogP contribution in [0.1, 0.15) is 31.9 Å². The second kappa shape index (κ2) is 4.23. The van der Waals surface area contributed by atoms with Gasteiger partial charge in [0.15, 0.2) is 5.43 Å². The third-order valence-electron chi connectivity index (χ3n) is 5.35.